The molecule has 2 aromatic carbocycles. The third-order valence-electron chi connectivity index (χ3n) is 2.78. The number of halogens is 2. The average Bonchev–Trinajstić information content (AvgIpc) is 2.48. The topological polar surface area (TPSA) is 35.2 Å². The first-order valence-corrected chi connectivity index (χ1v) is 6.86. The Morgan fingerprint density at radius 3 is 2.57 bits per heavy atom. The van der Waals surface area contributed by atoms with E-state index in [4.69, 9.17) is 22.1 Å². The predicted molar refractivity (Wildman–Crippen MR) is 82.3 cm³/mol. The second-order valence-electron chi connectivity index (χ2n) is 4.44. The van der Waals surface area contributed by atoms with Crippen LogP contribution in [0.25, 0.3) is 0 Å². The van der Waals surface area contributed by atoms with E-state index in [-0.39, 0.29) is 12.4 Å². The second kappa shape index (κ2) is 7.80. The van der Waals surface area contributed by atoms with Gasteiger partial charge in [-0.15, -0.1) is 0 Å². The van der Waals surface area contributed by atoms with Crippen LogP contribution in [-0.2, 0) is 18.0 Å². The Balaban J connectivity index is 1.97. The predicted octanol–water partition coefficient (Wildman–Crippen LogP) is 3.51. The minimum atomic E-state index is -0.352. The van der Waals surface area contributed by atoms with E-state index in [0.29, 0.717) is 23.8 Å². The van der Waals surface area contributed by atoms with Gasteiger partial charge in [0.05, 0.1) is 25.3 Å². The highest BCUT2D eigenvalue weighted by atomic mass is 35.5. The lowest BCUT2D eigenvalue weighted by molar-refractivity contribution is 0.107. The highest BCUT2D eigenvalue weighted by molar-refractivity contribution is 6.30. The summed E-state index contributed by atoms with van der Waals surface area (Å²) in [7, 11) is 0. The van der Waals surface area contributed by atoms with E-state index in [0.717, 1.165) is 11.1 Å². The third-order valence-corrected chi connectivity index (χ3v) is 3.02. The molecule has 108 valence electrons. The van der Waals surface area contributed by atoms with Crippen LogP contribution in [0.15, 0.2) is 42.5 Å². The minimum Gasteiger partial charge on any atom is -0.372 e. The van der Waals surface area contributed by atoms with Crippen LogP contribution in [0.1, 0.15) is 16.7 Å². The molecule has 0 heterocycles. The zero-order valence-electron chi connectivity index (χ0n) is 11.4. The van der Waals surface area contributed by atoms with Gasteiger partial charge in [0.15, 0.2) is 0 Å². The van der Waals surface area contributed by atoms with E-state index in [1.165, 1.54) is 6.07 Å². The van der Waals surface area contributed by atoms with Crippen molar-refractivity contribution in [1.29, 1.82) is 0 Å². The Hall–Kier alpha value is -1.86. The number of ether oxygens (including phenoxy) is 1. The number of nitrogens with two attached hydrogens (primary N) is 1. The lowest BCUT2D eigenvalue weighted by Crippen LogP contribution is -1.97. The molecule has 0 aliphatic heterocycles. The summed E-state index contributed by atoms with van der Waals surface area (Å²) in [5, 5.41) is 0.678. The molecule has 0 fully saturated rings. The number of benzene rings is 2. The smallest absolute Gasteiger partial charge is 0.138 e. The van der Waals surface area contributed by atoms with E-state index >= 15 is 0 Å². The van der Waals surface area contributed by atoms with Gasteiger partial charge in [-0.05, 0) is 35.4 Å². The van der Waals surface area contributed by atoms with Gasteiger partial charge in [0.1, 0.15) is 5.82 Å². The maximum Gasteiger partial charge on any atom is 0.138 e. The van der Waals surface area contributed by atoms with Crippen LogP contribution >= 0.6 is 11.6 Å². The van der Waals surface area contributed by atoms with Gasteiger partial charge < -0.3 is 10.5 Å². The van der Waals surface area contributed by atoms with Gasteiger partial charge in [-0.25, -0.2) is 4.39 Å². The molecule has 0 aromatic heterocycles. The van der Waals surface area contributed by atoms with Gasteiger partial charge in [0.2, 0.25) is 0 Å². The van der Waals surface area contributed by atoms with Crippen molar-refractivity contribution in [3.63, 3.8) is 0 Å². The summed E-state index contributed by atoms with van der Waals surface area (Å²) in [6.07, 6.45) is 0. The van der Waals surface area contributed by atoms with Gasteiger partial charge in [-0.2, -0.15) is 0 Å². The van der Waals surface area contributed by atoms with Crippen molar-refractivity contribution in [3.8, 4) is 11.8 Å². The van der Waals surface area contributed by atoms with Gasteiger partial charge in [0, 0.05) is 5.02 Å². The summed E-state index contributed by atoms with van der Waals surface area (Å²) in [6.45, 7) is 1.03. The standard InChI is InChI=1S/C17H15ClFNO/c18-16-5-1-3-13(10-16)11-21-12-14-6-7-17(19)15(9-14)4-2-8-20/h1,3,5-7,9-10H,8,11-12,20H2. The van der Waals surface area contributed by atoms with Crippen LogP contribution < -0.4 is 5.73 Å². The molecular weight excluding hydrogens is 289 g/mol. The zero-order valence-corrected chi connectivity index (χ0v) is 12.2. The van der Waals surface area contributed by atoms with Crippen LogP contribution in [0.3, 0.4) is 0 Å². The first-order valence-electron chi connectivity index (χ1n) is 6.48. The van der Waals surface area contributed by atoms with E-state index in [2.05, 4.69) is 11.8 Å². The summed E-state index contributed by atoms with van der Waals surface area (Å²) in [4.78, 5) is 0. The lowest BCUT2D eigenvalue weighted by Gasteiger charge is -2.06. The van der Waals surface area contributed by atoms with Crippen molar-refractivity contribution in [2.24, 2.45) is 5.73 Å². The Morgan fingerprint density at radius 1 is 1.10 bits per heavy atom. The molecule has 0 aliphatic rings. The molecule has 2 aromatic rings. The van der Waals surface area contributed by atoms with E-state index < -0.39 is 0 Å². The van der Waals surface area contributed by atoms with Gasteiger partial charge in [0.25, 0.3) is 0 Å². The van der Waals surface area contributed by atoms with Gasteiger partial charge in [-0.3, -0.25) is 0 Å². The molecule has 0 spiro atoms. The molecular formula is C17H15ClFNO. The summed E-state index contributed by atoms with van der Waals surface area (Å²) in [6, 6.07) is 12.2. The molecule has 4 heteroatoms. The Morgan fingerprint density at radius 2 is 1.86 bits per heavy atom. The molecule has 2 nitrogen and oxygen atoms in total. The number of rotatable bonds is 4. The van der Waals surface area contributed by atoms with Crippen LogP contribution in [0.5, 0.6) is 0 Å². The number of hydrogen-bond acceptors (Lipinski definition) is 2. The van der Waals surface area contributed by atoms with Gasteiger partial charge >= 0.3 is 0 Å². The Labute approximate surface area is 128 Å². The quantitative estimate of drug-likeness (QED) is 0.877. The van der Waals surface area contributed by atoms with Crippen molar-refractivity contribution in [2.45, 2.75) is 13.2 Å². The maximum atomic E-state index is 13.5. The fourth-order valence-electron chi connectivity index (χ4n) is 1.82. The monoisotopic (exact) mass is 303 g/mol. The van der Waals surface area contributed by atoms with Crippen molar-refractivity contribution >= 4 is 11.6 Å². The first kappa shape index (κ1) is 15.5. The van der Waals surface area contributed by atoms with Crippen LogP contribution in [0.2, 0.25) is 5.02 Å². The highest BCUT2D eigenvalue weighted by Crippen LogP contribution is 2.14. The van der Waals surface area contributed by atoms with Crippen LogP contribution in [0.4, 0.5) is 4.39 Å². The molecule has 0 amide bonds. The van der Waals surface area contributed by atoms with E-state index in [9.17, 15) is 4.39 Å². The highest BCUT2D eigenvalue weighted by Gasteiger charge is 2.02. The fourth-order valence-corrected chi connectivity index (χ4v) is 2.03. The molecule has 0 bridgehead atoms. The largest absolute Gasteiger partial charge is 0.372 e. The summed E-state index contributed by atoms with van der Waals surface area (Å²) >= 11 is 5.90. The van der Waals surface area contributed by atoms with Crippen LogP contribution in [0, 0.1) is 17.7 Å². The number of hydrogen-bond donors (Lipinski definition) is 1. The van der Waals surface area contributed by atoms with Crippen molar-refractivity contribution in [2.75, 3.05) is 6.54 Å². The molecule has 0 saturated heterocycles. The van der Waals surface area contributed by atoms with Crippen molar-refractivity contribution < 1.29 is 9.13 Å². The van der Waals surface area contributed by atoms with Crippen LogP contribution in [-0.4, -0.2) is 6.54 Å². The Bertz CT molecular complexity index is 676. The van der Waals surface area contributed by atoms with E-state index in [1.54, 1.807) is 12.1 Å². The fraction of sp³-hybridized carbons (Fsp3) is 0.176. The summed E-state index contributed by atoms with van der Waals surface area (Å²) in [5.74, 6) is 5.00. The van der Waals surface area contributed by atoms with Crippen molar-refractivity contribution in [3.05, 3.63) is 70.0 Å². The molecule has 2 N–H and O–H groups in total. The average molecular weight is 304 g/mol. The molecule has 0 aliphatic carbocycles. The SMILES string of the molecule is NCC#Cc1cc(COCc2cccc(Cl)c2)ccc1F. The molecule has 0 atom stereocenters. The normalized spacial score (nSPS) is 10.0. The Kier molecular flexibility index (Phi) is 5.77. The molecule has 0 unspecified atom stereocenters. The third kappa shape index (κ3) is 4.87. The molecule has 0 radical (unpaired) electrons. The zero-order chi connectivity index (χ0) is 15.1. The summed E-state index contributed by atoms with van der Waals surface area (Å²) < 4.78 is 19.1. The minimum absolute atomic E-state index is 0.203. The molecule has 0 saturated carbocycles. The maximum absolute atomic E-state index is 13.5. The first-order chi connectivity index (χ1) is 10.2. The molecule has 21 heavy (non-hydrogen) atoms. The molecule has 2 rings (SSSR count). The lowest BCUT2D eigenvalue weighted by atomic mass is 10.1. The van der Waals surface area contributed by atoms with Gasteiger partial charge in [-0.1, -0.05) is 41.6 Å². The van der Waals surface area contributed by atoms with Crippen molar-refractivity contribution in [1.82, 2.24) is 0 Å². The second-order valence-corrected chi connectivity index (χ2v) is 4.88. The summed E-state index contributed by atoms with van der Waals surface area (Å²) in [5.41, 5.74) is 7.48. The van der Waals surface area contributed by atoms with E-state index in [1.807, 2.05) is 24.3 Å².